The van der Waals surface area contributed by atoms with Crippen molar-refractivity contribution < 1.29 is 22.7 Å². The maximum absolute atomic E-state index is 12.5. The summed E-state index contributed by atoms with van der Waals surface area (Å²) in [6.45, 7) is -0.232. The predicted molar refractivity (Wildman–Crippen MR) is 47.5 cm³/mol. The molecular formula is C10H9F3O2. The van der Waals surface area contributed by atoms with Gasteiger partial charge in [0.15, 0.2) is 0 Å². The minimum atomic E-state index is -4.47. The molecule has 1 rings (SSSR count). The topological polar surface area (TPSA) is 26.3 Å². The van der Waals surface area contributed by atoms with E-state index in [1.54, 1.807) is 0 Å². The molecule has 0 atom stereocenters. The van der Waals surface area contributed by atoms with Crippen molar-refractivity contribution in [1.29, 1.82) is 0 Å². The lowest BCUT2D eigenvalue weighted by Crippen LogP contribution is -2.11. The van der Waals surface area contributed by atoms with Crippen LogP contribution in [0.1, 0.15) is 21.5 Å². The molecule has 0 amide bonds. The summed E-state index contributed by atoms with van der Waals surface area (Å²) in [4.78, 5) is 10.6. The maximum atomic E-state index is 12.5. The highest BCUT2D eigenvalue weighted by molar-refractivity contribution is 5.78. The molecule has 0 saturated heterocycles. The van der Waals surface area contributed by atoms with Crippen LogP contribution in [0.3, 0.4) is 0 Å². The molecule has 5 heteroatoms. The molecule has 0 saturated carbocycles. The first kappa shape index (κ1) is 11.7. The van der Waals surface area contributed by atoms with Crippen molar-refractivity contribution in [3.63, 3.8) is 0 Å². The standard InChI is InChI=1S/C10H9F3O2/c1-15-6-8-7(5-14)3-2-4-9(8)10(11,12)13/h2-5H,6H2,1H3. The van der Waals surface area contributed by atoms with Crippen molar-refractivity contribution >= 4 is 6.29 Å². The number of hydrogen-bond acceptors (Lipinski definition) is 2. The third-order valence-corrected chi connectivity index (χ3v) is 1.93. The summed E-state index contributed by atoms with van der Waals surface area (Å²) in [5.74, 6) is 0. The predicted octanol–water partition coefficient (Wildman–Crippen LogP) is 2.66. The first-order valence-electron chi connectivity index (χ1n) is 4.14. The molecular weight excluding hydrogens is 209 g/mol. The Morgan fingerprint density at radius 2 is 2.07 bits per heavy atom. The Kier molecular flexibility index (Phi) is 3.47. The minimum Gasteiger partial charge on any atom is -0.380 e. The van der Waals surface area contributed by atoms with Gasteiger partial charge in [-0.1, -0.05) is 12.1 Å². The van der Waals surface area contributed by atoms with E-state index >= 15 is 0 Å². The van der Waals surface area contributed by atoms with Crippen molar-refractivity contribution in [1.82, 2.24) is 0 Å². The highest BCUT2D eigenvalue weighted by Gasteiger charge is 2.33. The van der Waals surface area contributed by atoms with Crippen molar-refractivity contribution in [2.24, 2.45) is 0 Å². The molecule has 82 valence electrons. The van der Waals surface area contributed by atoms with Crippen LogP contribution in [-0.2, 0) is 17.5 Å². The molecule has 1 aromatic rings. The number of hydrogen-bond donors (Lipinski definition) is 0. The molecule has 0 bridgehead atoms. The summed E-state index contributed by atoms with van der Waals surface area (Å²) < 4.78 is 42.2. The Morgan fingerprint density at radius 1 is 1.40 bits per heavy atom. The number of aldehydes is 1. The number of benzene rings is 1. The van der Waals surface area contributed by atoms with E-state index in [0.717, 1.165) is 6.07 Å². The van der Waals surface area contributed by atoms with Gasteiger partial charge in [-0.2, -0.15) is 13.2 Å². The van der Waals surface area contributed by atoms with E-state index in [-0.39, 0.29) is 17.7 Å². The lowest BCUT2D eigenvalue weighted by Gasteiger charge is -2.13. The number of halogens is 3. The Balaban J connectivity index is 3.31. The quantitative estimate of drug-likeness (QED) is 0.729. The van der Waals surface area contributed by atoms with E-state index < -0.39 is 11.7 Å². The number of alkyl halides is 3. The second-order valence-corrected chi connectivity index (χ2v) is 2.92. The smallest absolute Gasteiger partial charge is 0.380 e. The number of carbonyl (C=O) groups excluding carboxylic acids is 1. The Morgan fingerprint density at radius 3 is 2.53 bits per heavy atom. The Labute approximate surface area is 84.7 Å². The van der Waals surface area contributed by atoms with Gasteiger partial charge in [0.25, 0.3) is 0 Å². The van der Waals surface area contributed by atoms with Crippen LogP contribution < -0.4 is 0 Å². The molecule has 0 aromatic heterocycles. The second-order valence-electron chi connectivity index (χ2n) is 2.92. The van der Waals surface area contributed by atoms with Crippen LogP contribution in [0.25, 0.3) is 0 Å². The number of rotatable bonds is 3. The van der Waals surface area contributed by atoms with Gasteiger partial charge >= 0.3 is 6.18 Å². The summed E-state index contributed by atoms with van der Waals surface area (Å²) in [5, 5.41) is 0. The van der Waals surface area contributed by atoms with Crippen molar-refractivity contribution in [3.05, 3.63) is 34.9 Å². The van der Waals surface area contributed by atoms with Gasteiger partial charge in [0.05, 0.1) is 12.2 Å². The fourth-order valence-corrected chi connectivity index (χ4v) is 1.29. The zero-order valence-corrected chi connectivity index (χ0v) is 7.97. The fraction of sp³-hybridized carbons (Fsp3) is 0.300. The molecule has 0 heterocycles. The normalized spacial score (nSPS) is 11.5. The first-order chi connectivity index (χ1) is 7.00. The van der Waals surface area contributed by atoms with Crippen LogP contribution >= 0.6 is 0 Å². The van der Waals surface area contributed by atoms with Gasteiger partial charge in [0.1, 0.15) is 6.29 Å². The van der Waals surface area contributed by atoms with Crippen LogP contribution in [0.15, 0.2) is 18.2 Å². The molecule has 0 aliphatic heterocycles. The van der Waals surface area contributed by atoms with Crippen LogP contribution in [0.5, 0.6) is 0 Å². The summed E-state index contributed by atoms with van der Waals surface area (Å²) >= 11 is 0. The minimum absolute atomic E-state index is 0.00618. The molecule has 1 aromatic carbocycles. The average Bonchev–Trinajstić information content (AvgIpc) is 2.17. The monoisotopic (exact) mass is 218 g/mol. The summed E-state index contributed by atoms with van der Waals surface area (Å²) in [6, 6.07) is 3.46. The molecule has 0 aliphatic rings. The van der Waals surface area contributed by atoms with E-state index in [1.807, 2.05) is 0 Å². The third-order valence-electron chi connectivity index (χ3n) is 1.93. The Hall–Kier alpha value is -1.36. The lowest BCUT2D eigenvalue weighted by molar-refractivity contribution is -0.138. The third kappa shape index (κ3) is 2.56. The number of carbonyl (C=O) groups is 1. The highest BCUT2D eigenvalue weighted by atomic mass is 19.4. The van der Waals surface area contributed by atoms with E-state index in [2.05, 4.69) is 4.74 Å². The van der Waals surface area contributed by atoms with Gasteiger partial charge in [-0.15, -0.1) is 0 Å². The van der Waals surface area contributed by atoms with E-state index in [9.17, 15) is 18.0 Å². The summed E-state index contributed by atoms with van der Waals surface area (Å²) in [5.41, 5.74) is -0.942. The summed E-state index contributed by atoms with van der Waals surface area (Å²) in [6.07, 6.45) is -4.07. The van der Waals surface area contributed by atoms with Crippen molar-refractivity contribution in [2.45, 2.75) is 12.8 Å². The molecule has 0 fully saturated rings. The van der Waals surface area contributed by atoms with Crippen LogP contribution in [0, 0.1) is 0 Å². The largest absolute Gasteiger partial charge is 0.416 e. The zero-order valence-electron chi connectivity index (χ0n) is 7.97. The van der Waals surface area contributed by atoms with Gasteiger partial charge in [0, 0.05) is 18.2 Å². The molecule has 0 aliphatic carbocycles. The van der Waals surface area contributed by atoms with E-state index in [4.69, 9.17) is 0 Å². The van der Waals surface area contributed by atoms with E-state index in [1.165, 1.54) is 19.2 Å². The Bertz CT molecular complexity index is 358. The van der Waals surface area contributed by atoms with Gasteiger partial charge < -0.3 is 4.74 Å². The van der Waals surface area contributed by atoms with E-state index in [0.29, 0.717) is 6.29 Å². The van der Waals surface area contributed by atoms with Crippen molar-refractivity contribution in [2.75, 3.05) is 7.11 Å². The van der Waals surface area contributed by atoms with Crippen molar-refractivity contribution in [3.8, 4) is 0 Å². The number of ether oxygens (including phenoxy) is 1. The highest BCUT2D eigenvalue weighted by Crippen LogP contribution is 2.33. The van der Waals surface area contributed by atoms with Gasteiger partial charge in [-0.3, -0.25) is 4.79 Å². The zero-order chi connectivity index (χ0) is 11.5. The van der Waals surface area contributed by atoms with Gasteiger partial charge in [0.2, 0.25) is 0 Å². The molecule has 2 nitrogen and oxygen atoms in total. The fourth-order valence-electron chi connectivity index (χ4n) is 1.29. The molecule has 0 N–H and O–H groups in total. The molecule has 0 radical (unpaired) electrons. The molecule has 15 heavy (non-hydrogen) atoms. The number of methoxy groups -OCH3 is 1. The maximum Gasteiger partial charge on any atom is 0.416 e. The van der Waals surface area contributed by atoms with Crippen LogP contribution in [0.2, 0.25) is 0 Å². The van der Waals surface area contributed by atoms with Gasteiger partial charge in [-0.05, 0) is 6.07 Å². The SMILES string of the molecule is COCc1c(C=O)cccc1C(F)(F)F. The average molecular weight is 218 g/mol. The summed E-state index contributed by atoms with van der Waals surface area (Å²) in [7, 11) is 1.28. The van der Waals surface area contributed by atoms with Gasteiger partial charge in [-0.25, -0.2) is 0 Å². The lowest BCUT2D eigenvalue weighted by atomic mass is 10.0. The van der Waals surface area contributed by atoms with Crippen LogP contribution in [0.4, 0.5) is 13.2 Å². The van der Waals surface area contributed by atoms with Crippen LogP contribution in [-0.4, -0.2) is 13.4 Å². The second kappa shape index (κ2) is 4.44. The first-order valence-corrected chi connectivity index (χ1v) is 4.14. The molecule has 0 spiro atoms. The molecule has 0 unspecified atom stereocenters.